The van der Waals surface area contributed by atoms with E-state index >= 15 is 0 Å². The zero-order valence-electron chi connectivity index (χ0n) is 7.92. The summed E-state index contributed by atoms with van der Waals surface area (Å²) in [7, 11) is 1.29. The molecule has 5 heteroatoms. The second-order valence-electron chi connectivity index (χ2n) is 2.78. The quantitative estimate of drug-likeness (QED) is 0.814. The molecular weight excluding hydrogens is 192 g/mol. The van der Waals surface area contributed by atoms with Gasteiger partial charge >= 0.3 is 0 Å². The van der Waals surface area contributed by atoms with Crippen LogP contribution >= 0.6 is 0 Å². The van der Waals surface area contributed by atoms with E-state index in [1.165, 1.54) is 13.2 Å². The molecule has 0 aliphatic heterocycles. The van der Waals surface area contributed by atoms with E-state index in [4.69, 9.17) is 9.84 Å². The smallest absolute Gasteiger partial charge is 0.284 e. The van der Waals surface area contributed by atoms with Gasteiger partial charge in [-0.1, -0.05) is 0 Å². The Morgan fingerprint density at radius 3 is 2.64 bits per heavy atom. The fraction of sp³-hybridized carbons (Fsp3) is 0.444. The molecular formula is C9H11F2NO2. The average molecular weight is 203 g/mol. The molecule has 0 saturated heterocycles. The molecule has 0 radical (unpaired) electrons. The Morgan fingerprint density at radius 1 is 1.57 bits per heavy atom. The second kappa shape index (κ2) is 4.32. The predicted octanol–water partition coefficient (Wildman–Crippen LogP) is 1.83. The van der Waals surface area contributed by atoms with E-state index in [0.29, 0.717) is 11.3 Å². The topological polar surface area (TPSA) is 42.4 Å². The second-order valence-corrected chi connectivity index (χ2v) is 2.78. The van der Waals surface area contributed by atoms with Gasteiger partial charge < -0.3 is 9.84 Å². The number of alkyl halides is 2. The number of halogens is 2. The number of aromatic nitrogens is 1. The average Bonchev–Trinajstić information content (AvgIpc) is 2.17. The zero-order chi connectivity index (χ0) is 10.7. The first-order valence-corrected chi connectivity index (χ1v) is 4.03. The summed E-state index contributed by atoms with van der Waals surface area (Å²) in [5.41, 5.74) is 0.497. The van der Waals surface area contributed by atoms with Gasteiger partial charge in [-0.15, -0.1) is 0 Å². The van der Waals surface area contributed by atoms with Gasteiger partial charge in [-0.05, 0) is 13.0 Å². The molecule has 1 heterocycles. The van der Waals surface area contributed by atoms with E-state index in [1.54, 1.807) is 6.92 Å². The van der Waals surface area contributed by atoms with Crippen LogP contribution in [-0.4, -0.2) is 17.2 Å². The lowest BCUT2D eigenvalue weighted by Crippen LogP contribution is -2.02. The number of rotatable bonds is 3. The third-order valence-electron chi connectivity index (χ3n) is 1.91. The van der Waals surface area contributed by atoms with Gasteiger partial charge in [0.15, 0.2) is 0 Å². The first-order chi connectivity index (χ1) is 6.60. The lowest BCUT2D eigenvalue weighted by molar-refractivity contribution is 0.141. The van der Waals surface area contributed by atoms with E-state index in [0.717, 1.165) is 0 Å². The van der Waals surface area contributed by atoms with E-state index in [-0.39, 0.29) is 18.1 Å². The summed E-state index contributed by atoms with van der Waals surface area (Å²) in [6.07, 6.45) is -2.67. The van der Waals surface area contributed by atoms with Crippen molar-refractivity contribution in [3.63, 3.8) is 0 Å². The van der Waals surface area contributed by atoms with E-state index in [2.05, 4.69) is 4.98 Å². The van der Waals surface area contributed by atoms with Crippen molar-refractivity contribution in [1.29, 1.82) is 0 Å². The molecule has 0 spiro atoms. The number of aliphatic hydroxyl groups excluding tert-OH is 1. The highest BCUT2D eigenvalue weighted by molar-refractivity contribution is 5.35. The zero-order valence-corrected chi connectivity index (χ0v) is 7.92. The Morgan fingerprint density at radius 2 is 2.21 bits per heavy atom. The highest BCUT2D eigenvalue weighted by Crippen LogP contribution is 2.28. The van der Waals surface area contributed by atoms with E-state index < -0.39 is 6.43 Å². The molecule has 0 atom stereocenters. The van der Waals surface area contributed by atoms with Crippen LogP contribution in [0.5, 0.6) is 5.75 Å². The standard InChI is InChI=1S/C9H11F2NO2/c1-5-6(4-13)3-7(14-2)8(12-5)9(10)11/h3,9,13H,4H2,1-2H3. The third kappa shape index (κ3) is 1.98. The predicted molar refractivity (Wildman–Crippen MR) is 46.4 cm³/mol. The Kier molecular flexibility index (Phi) is 3.35. The molecule has 14 heavy (non-hydrogen) atoms. The summed E-state index contributed by atoms with van der Waals surface area (Å²) in [4.78, 5) is 3.68. The van der Waals surface area contributed by atoms with Gasteiger partial charge in [0.2, 0.25) is 0 Å². The number of aryl methyl sites for hydroxylation is 1. The van der Waals surface area contributed by atoms with Gasteiger partial charge in [-0.3, -0.25) is 0 Å². The molecule has 3 nitrogen and oxygen atoms in total. The molecule has 0 amide bonds. The number of ether oxygens (including phenoxy) is 1. The number of hydrogen-bond acceptors (Lipinski definition) is 3. The molecule has 0 bridgehead atoms. The first kappa shape index (κ1) is 10.8. The molecule has 78 valence electrons. The fourth-order valence-electron chi connectivity index (χ4n) is 1.12. The summed E-state index contributed by atoms with van der Waals surface area (Å²) in [6, 6.07) is 1.38. The maximum atomic E-state index is 12.4. The minimum atomic E-state index is -2.67. The largest absolute Gasteiger partial charge is 0.495 e. The minimum Gasteiger partial charge on any atom is -0.495 e. The monoisotopic (exact) mass is 203 g/mol. The number of hydrogen-bond donors (Lipinski definition) is 1. The van der Waals surface area contributed by atoms with Crippen molar-refractivity contribution < 1.29 is 18.6 Å². The van der Waals surface area contributed by atoms with Crippen molar-refractivity contribution in [2.24, 2.45) is 0 Å². The van der Waals surface area contributed by atoms with Crippen LogP contribution < -0.4 is 4.74 Å². The van der Waals surface area contributed by atoms with Crippen molar-refractivity contribution in [2.75, 3.05) is 7.11 Å². The summed E-state index contributed by atoms with van der Waals surface area (Å²) in [5.74, 6) is 0.00894. The highest BCUT2D eigenvalue weighted by atomic mass is 19.3. The maximum absolute atomic E-state index is 12.4. The van der Waals surface area contributed by atoms with Crippen LogP contribution in [0.2, 0.25) is 0 Å². The molecule has 0 aliphatic carbocycles. The van der Waals surface area contributed by atoms with Crippen LogP contribution in [0, 0.1) is 6.92 Å². The van der Waals surface area contributed by atoms with Gasteiger partial charge in [0, 0.05) is 11.3 Å². The molecule has 1 rings (SSSR count). The van der Waals surface area contributed by atoms with E-state index in [9.17, 15) is 8.78 Å². The Balaban J connectivity index is 3.24. The van der Waals surface area contributed by atoms with Gasteiger partial charge in [0.05, 0.1) is 13.7 Å². The molecule has 1 N–H and O–H groups in total. The fourth-order valence-corrected chi connectivity index (χ4v) is 1.12. The van der Waals surface area contributed by atoms with Crippen LogP contribution in [0.4, 0.5) is 8.78 Å². The Bertz CT molecular complexity index is 329. The Labute approximate surface area is 80.3 Å². The van der Waals surface area contributed by atoms with Crippen LogP contribution in [0.15, 0.2) is 6.07 Å². The summed E-state index contributed by atoms with van der Waals surface area (Å²) in [6.45, 7) is 1.33. The summed E-state index contributed by atoms with van der Waals surface area (Å²) >= 11 is 0. The molecule has 0 unspecified atom stereocenters. The summed E-state index contributed by atoms with van der Waals surface area (Å²) in [5, 5.41) is 8.88. The van der Waals surface area contributed by atoms with Gasteiger partial charge in [-0.2, -0.15) is 0 Å². The van der Waals surface area contributed by atoms with Crippen molar-refractivity contribution in [3.8, 4) is 5.75 Å². The lowest BCUT2D eigenvalue weighted by atomic mass is 10.2. The molecule has 0 saturated carbocycles. The molecule has 1 aromatic rings. The molecule has 1 aromatic heterocycles. The third-order valence-corrected chi connectivity index (χ3v) is 1.91. The normalized spacial score (nSPS) is 10.7. The minimum absolute atomic E-state index is 0.00894. The molecule has 0 aromatic carbocycles. The summed E-state index contributed by atoms with van der Waals surface area (Å²) < 4.78 is 29.6. The first-order valence-electron chi connectivity index (χ1n) is 4.03. The van der Waals surface area contributed by atoms with Crippen molar-refractivity contribution in [2.45, 2.75) is 20.0 Å². The molecule has 0 fully saturated rings. The van der Waals surface area contributed by atoms with E-state index in [1.807, 2.05) is 0 Å². The number of aliphatic hydroxyl groups is 1. The SMILES string of the molecule is COc1cc(CO)c(C)nc1C(F)F. The van der Waals surface area contributed by atoms with Gasteiger partial charge in [-0.25, -0.2) is 13.8 Å². The van der Waals surface area contributed by atoms with Crippen molar-refractivity contribution in [3.05, 3.63) is 23.0 Å². The van der Waals surface area contributed by atoms with Crippen LogP contribution in [-0.2, 0) is 6.61 Å². The van der Waals surface area contributed by atoms with Crippen molar-refractivity contribution >= 4 is 0 Å². The van der Waals surface area contributed by atoms with Crippen LogP contribution in [0.25, 0.3) is 0 Å². The number of nitrogens with zero attached hydrogens (tertiary/aromatic N) is 1. The van der Waals surface area contributed by atoms with Gasteiger partial charge in [0.1, 0.15) is 11.4 Å². The van der Waals surface area contributed by atoms with Crippen molar-refractivity contribution in [1.82, 2.24) is 4.98 Å². The number of methoxy groups -OCH3 is 1. The highest BCUT2D eigenvalue weighted by Gasteiger charge is 2.17. The van der Waals surface area contributed by atoms with Crippen LogP contribution in [0.3, 0.4) is 0 Å². The van der Waals surface area contributed by atoms with Gasteiger partial charge in [0.25, 0.3) is 6.43 Å². The maximum Gasteiger partial charge on any atom is 0.284 e. The molecule has 0 aliphatic rings. The van der Waals surface area contributed by atoms with Crippen LogP contribution in [0.1, 0.15) is 23.4 Å². The Hall–Kier alpha value is -1.23. The number of pyridine rings is 1. The lowest BCUT2D eigenvalue weighted by Gasteiger charge is -2.10.